The molecule has 0 amide bonds. The lowest BCUT2D eigenvalue weighted by atomic mass is 10.1. The highest BCUT2D eigenvalue weighted by atomic mass is 16.5. The van der Waals surface area contributed by atoms with Gasteiger partial charge in [-0.15, -0.1) is 0 Å². The maximum atomic E-state index is 5.47. The van der Waals surface area contributed by atoms with E-state index in [1.54, 1.807) is 7.11 Å². The largest absolute Gasteiger partial charge is 0.497 e. The number of benzene rings is 1. The first-order valence-electron chi connectivity index (χ1n) is 8.25. The van der Waals surface area contributed by atoms with Gasteiger partial charge in [0.25, 0.3) is 0 Å². The van der Waals surface area contributed by atoms with Gasteiger partial charge in [0.2, 0.25) is 0 Å². The minimum Gasteiger partial charge on any atom is -0.497 e. The second-order valence-corrected chi connectivity index (χ2v) is 5.95. The summed E-state index contributed by atoms with van der Waals surface area (Å²) in [5.41, 5.74) is 4.35. The van der Waals surface area contributed by atoms with Gasteiger partial charge in [-0.1, -0.05) is 6.07 Å². The van der Waals surface area contributed by atoms with Crippen molar-refractivity contribution in [3.05, 3.63) is 54.4 Å². The number of rotatable bonds is 4. The Morgan fingerprint density at radius 1 is 1.08 bits per heavy atom. The molecule has 5 nitrogen and oxygen atoms in total. The number of morpholine rings is 1. The Labute approximate surface area is 141 Å². The van der Waals surface area contributed by atoms with Gasteiger partial charge in [-0.25, -0.2) is 4.98 Å². The number of imidazole rings is 1. The molecule has 0 unspecified atom stereocenters. The van der Waals surface area contributed by atoms with E-state index >= 15 is 0 Å². The number of hydrogen-bond acceptors (Lipinski definition) is 4. The SMILES string of the molecule is COc1ccc(-c2nc3ccccn3c2CN2CCOCC2)cc1. The first-order valence-corrected chi connectivity index (χ1v) is 8.25. The number of aromatic nitrogens is 2. The molecule has 0 saturated carbocycles. The second kappa shape index (κ2) is 6.63. The summed E-state index contributed by atoms with van der Waals surface area (Å²) in [4.78, 5) is 7.29. The van der Waals surface area contributed by atoms with Crippen LogP contribution in [0.1, 0.15) is 5.69 Å². The molecule has 0 atom stereocenters. The quantitative estimate of drug-likeness (QED) is 0.740. The average molecular weight is 323 g/mol. The molecule has 124 valence electrons. The van der Waals surface area contributed by atoms with Crippen LogP contribution in [-0.4, -0.2) is 47.7 Å². The van der Waals surface area contributed by atoms with E-state index in [2.05, 4.69) is 39.8 Å². The summed E-state index contributed by atoms with van der Waals surface area (Å²) in [5.74, 6) is 0.859. The van der Waals surface area contributed by atoms with Crippen molar-refractivity contribution < 1.29 is 9.47 Å². The number of nitrogens with zero attached hydrogens (tertiary/aromatic N) is 3. The fraction of sp³-hybridized carbons (Fsp3) is 0.316. The zero-order chi connectivity index (χ0) is 16.4. The van der Waals surface area contributed by atoms with Crippen molar-refractivity contribution in [3.63, 3.8) is 0 Å². The van der Waals surface area contributed by atoms with Gasteiger partial charge in [0.1, 0.15) is 11.4 Å². The molecular formula is C19H21N3O2. The second-order valence-electron chi connectivity index (χ2n) is 5.95. The molecule has 3 aromatic rings. The van der Waals surface area contributed by atoms with E-state index in [1.807, 2.05) is 18.2 Å². The van der Waals surface area contributed by atoms with Gasteiger partial charge in [0, 0.05) is 31.4 Å². The Kier molecular flexibility index (Phi) is 4.19. The van der Waals surface area contributed by atoms with Crippen molar-refractivity contribution in [2.24, 2.45) is 0 Å². The maximum absolute atomic E-state index is 5.47. The summed E-state index contributed by atoms with van der Waals surface area (Å²) < 4.78 is 12.9. The van der Waals surface area contributed by atoms with E-state index in [1.165, 1.54) is 5.69 Å². The normalized spacial score (nSPS) is 15.7. The summed E-state index contributed by atoms with van der Waals surface area (Å²) in [7, 11) is 1.68. The van der Waals surface area contributed by atoms with Crippen LogP contribution >= 0.6 is 0 Å². The fourth-order valence-electron chi connectivity index (χ4n) is 3.15. The van der Waals surface area contributed by atoms with Crippen molar-refractivity contribution >= 4 is 5.65 Å². The van der Waals surface area contributed by atoms with E-state index in [-0.39, 0.29) is 0 Å². The van der Waals surface area contributed by atoms with E-state index in [0.717, 1.165) is 55.5 Å². The Balaban J connectivity index is 1.76. The lowest BCUT2D eigenvalue weighted by Gasteiger charge is -2.26. The summed E-state index contributed by atoms with van der Waals surface area (Å²) in [6.07, 6.45) is 2.09. The standard InChI is InChI=1S/C19H21N3O2/c1-23-16-7-5-15(6-8-16)19-17(14-21-10-12-24-13-11-21)22-9-3-2-4-18(22)20-19/h2-9H,10-14H2,1H3. The molecule has 1 aliphatic rings. The van der Waals surface area contributed by atoms with E-state index in [4.69, 9.17) is 14.5 Å². The van der Waals surface area contributed by atoms with Crippen molar-refractivity contribution in [1.82, 2.24) is 14.3 Å². The van der Waals surface area contributed by atoms with Gasteiger partial charge in [-0.2, -0.15) is 0 Å². The summed E-state index contributed by atoms with van der Waals surface area (Å²) in [5, 5.41) is 0. The number of pyridine rings is 1. The molecular weight excluding hydrogens is 302 g/mol. The summed E-state index contributed by atoms with van der Waals surface area (Å²) in [6, 6.07) is 14.2. The molecule has 0 radical (unpaired) electrons. The van der Waals surface area contributed by atoms with E-state index < -0.39 is 0 Å². The third kappa shape index (κ3) is 2.88. The lowest BCUT2D eigenvalue weighted by molar-refractivity contribution is 0.0336. The van der Waals surface area contributed by atoms with Crippen LogP contribution in [0.5, 0.6) is 5.75 Å². The zero-order valence-corrected chi connectivity index (χ0v) is 13.8. The van der Waals surface area contributed by atoms with Gasteiger partial charge in [-0.3, -0.25) is 4.90 Å². The van der Waals surface area contributed by atoms with Gasteiger partial charge in [-0.05, 0) is 36.4 Å². The molecule has 2 aromatic heterocycles. The maximum Gasteiger partial charge on any atom is 0.137 e. The highest BCUT2D eigenvalue weighted by Gasteiger charge is 2.18. The zero-order valence-electron chi connectivity index (χ0n) is 13.8. The smallest absolute Gasteiger partial charge is 0.137 e. The molecule has 4 rings (SSSR count). The molecule has 24 heavy (non-hydrogen) atoms. The van der Waals surface area contributed by atoms with Crippen molar-refractivity contribution in [1.29, 1.82) is 0 Å². The fourth-order valence-corrected chi connectivity index (χ4v) is 3.15. The van der Waals surface area contributed by atoms with Crippen LogP contribution in [0, 0.1) is 0 Å². The molecule has 1 saturated heterocycles. The third-order valence-electron chi connectivity index (χ3n) is 4.47. The Morgan fingerprint density at radius 2 is 1.88 bits per heavy atom. The molecule has 3 heterocycles. The minimum absolute atomic E-state index is 0.800. The van der Waals surface area contributed by atoms with Crippen LogP contribution < -0.4 is 4.74 Å². The molecule has 0 aliphatic carbocycles. The number of methoxy groups -OCH3 is 1. The predicted octanol–water partition coefficient (Wildman–Crippen LogP) is 2.84. The summed E-state index contributed by atoms with van der Waals surface area (Å²) >= 11 is 0. The van der Waals surface area contributed by atoms with Crippen molar-refractivity contribution in [2.45, 2.75) is 6.54 Å². The van der Waals surface area contributed by atoms with Gasteiger partial charge in [0.05, 0.1) is 31.7 Å². The van der Waals surface area contributed by atoms with Crippen LogP contribution in [0.15, 0.2) is 48.7 Å². The topological polar surface area (TPSA) is 39.0 Å². The van der Waals surface area contributed by atoms with Gasteiger partial charge in [0.15, 0.2) is 0 Å². The minimum atomic E-state index is 0.800. The number of ether oxygens (including phenoxy) is 2. The van der Waals surface area contributed by atoms with Crippen LogP contribution in [0.2, 0.25) is 0 Å². The van der Waals surface area contributed by atoms with E-state index in [9.17, 15) is 0 Å². The van der Waals surface area contributed by atoms with Crippen LogP contribution in [0.3, 0.4) is 0 Å². The monoisotopic (exact) mass is 323 g/mol. The molecule has 1 fully saturated rings. The third-order valence-corrected chi connectivity index (χ3v) is 4.47. The first-order chi connectivity index (χ1) is 11.8. The highest BCUT2D eigenvalue weighted by molar-refractivity contribution is 5.67. The average Bonchev–Trinajstić information content (AvgIpc) is 3.01. The number of fused-ring (bicyclic) bond motifs is 1. The molecule has 5 heteroatoms. The first kappa shape index (κ1) is 15.2. The highest BCUT2D eigenvalue weighted by Crippen LogP contribution is 2.27. The van der Waals surface area contributed by atoms with Crippen LogP contribution in [-0.2, 0) is 11.3 Å². The van der Waals surface area contributed by atoms with E-state index in [0.29, 0.717) is 0 Å². The van der Waals surface area contributed by atoms with Crippen LogP contribution in [0.4, 0.5) is 0 Å². The molecule has 0 N–H and O–H groups in total. The number of hydrogen-bond donors (Lipinski definition) is 0. The Hall–Kier alpha value is -2.37. The molecule has 0 bridgehead atoms. The molecule has 0 spiro atoms. The Bertz CT molecular complexity index is 820. The predicted molar refractivity (Wildman–Crippen MR) is 93.3 cm³/mol. The molecule has 1 aliphatic heterocycles. The summed E-state index contributed by atoms with van der Waals surface area (Å²) in [6.45, 7) is 4.39. The van der Waals surface area contributed by atoms with Crippen LogP contribution in [0.25, 0.3) is 16.9 Å². The van der Waals surface area contributed by atoms with Crippen molar-refractivity contribution in [3.8, 4) is 17.0 Å². The van der Waals surface area contributed by atoms with Gasteiger partial charge >= 0.3 is 0 Å². The Morgan fingerprint density at radius 3 is 2.62 bits per heavy atom. The lowest BCUT2D eigenvalue weighted by Crippen LogP contribution is -2.36. The van der Waals surface area contributed by atoms with Crippen molar-refractivity contribution in [2.75, 3.05) is 33.4 Å². The molecule has 1 aromatic carbocycles. The van der Waals surface area contributed by atoms with Gasteiger partial charge < -0.3 is 13.9 Å².